The minimum atomic E-state index is -0.250. The van der Waals surface area contributed by atoms with Crippen LogP contribution in [0.3, 0.4) is 0 Å². The van der Waals surface area contributed by atoms with Crippen molar-refractivity contribution in [1.29, 1.82) is 0 Å². The first-order valence-corrected chi connectivity index (χ1v) is 10.4. The minimum Gasteiger partial charge on any atom is -0.483 e. The first-order valence-electron chi connectivity index (χ1n) is 10.4. The SMILES string of the molecule is CCN(Cc1nccn1C)C(=O)NCC(c1ccccn1)N1CCOCC1.O=CO.O=CO. The van der Waals surface area contributed by atoms with Gasteiger partial charge in [-0.25, -0.2) is 9.78 Å². The molecule has 3 rings (SSSR count). The van der Waals surface area contributed by atoms with E-state index in [0.717, 1.165) is 24.6 Å². The van der Waals surface area contributed by atoms with Crippen molar-refractivity contribution in [2.75, 3.05) is 39.4 Å². The minimum absolute atomic E-state index is 0.0333. The molecular formula is C21H32N6O6. The van der Waals surface area contributed by atoms with Gasteiger partial charge in [0, 0.05) is 51.8 Å². The molecular weight excluding hydrogens is 432 g/mol. The van der Waals surface area contributed by atoms with Crippen LogP contribution in [0.5, 0.6) is 0 Å². The maximum Gasteiger partial charge on any atom is 0.317 e. The highest BCUT2D eigenvalue weighted by Gasteiger charge is 2.25. The number of aryl methyl sites for hydroxylation is 1. The van der Waals surface area contributed by atoms with Gasteiger partial charge in [-0.15, -0.1) is 0 Å². The van der Waals surface area contributed by atoms with Gasteiger partial charge in [-0.2, -0.15) is 0 Å². The average molecular weight is 465 g/mol. The van der Waals surface area contributed by atoms with Crippen molar-refractivity contribution < 1.29 is 29.3 Å². The molecule has 1 saturated heterocycles. The summed E-state index contributed by atoms with van der Waals surface area (Å²) in [4.78, 5) is 42.4. The number of carbonyl (C=O) groups excluding carboxylic acids is 1. The normalized spacial score (nSPS) is 13.9. The zero-order valence-electron chi connectivity index (χ0n) is 18.9. The molecule has 1 aliphatic rings. The van der Waals surface area contributed by atoms with E-state index in [-0.39, 0.29) is 25.0 Å². The number of carbonyl (C=O) groups is 3. The Morgan fingerprint density at radius 3 is 2.39 bits per heavy atom. The van der Waals surface area contributed by atoms with Crippen LogP contribution in [0.1, 0.15) is 24.5 Å². The van der Waals surface area contributed by atoms with Gasteiger partial charge in [0.1, 0.15) is 5.82 Å². The molecule has 0 spiro atoms. The van der Waals surface area contributed by atoms with Crippen molar-refractivity contribution >= 4 is 19.0 Å². The summed E-state index contributed by atoms with van der Waals surface area (Å²) in [6.45, 7) is 6.16. The van der Waals surface area contributed by atoms with E-state index >= 15 is 0 Å². The molecule has 1 unspecified atom stereocenters. The Bertz CT molecular complexity index is 807. The highest BCUT2D eigenvalue weighted by molar-refractivity contribution is 5.74. The second-order valence-corrected chi connectivity index (χ2v) is 6.78. The Hall–Kier alpha value is -3.51. The van der Waals surface area contributed by atoms with Crippen LogP contribution in [0.15, 0.2) is 36.8 Å². The second-order valence-electron chi connectivity index (χ2n) is 6.78. The number of imidazole rings is 1. The lowest BCUT2D eigenvalue weighted by molar-refractivity contribution is -0.123. The third kappa shape index (κ3) is 9.66. The maximum atomic E-state index is 12.7. The van der Waals surface area contributed by atoms with E-state index in [2.05, 4.69) is 20.2 Å². The van der Waals surface area contributed by atoms with E-state index in [1.54, 1.807) is 17.3 Å². The summed E-state index contributed by atoms with van der Waals surface area (Å²) >= 11 is 0. The van der Waals surface area contributed by atoms with Gasteiger partial charge in [0.2, 0.25) is 0 Å². The first-order chi connectivity index (χ1) is 16.0. The molecule has 12 heteroatoms. The number of pyridine rings is 1. The number of urea groups is 1. The quantitative estimate of drug-likeness (QED) is 0.506. The highest BCUT2D eigenvalue weighted by Crippen LogP contribution is 2.19. The summed E-state index contributed by atoms with van der Waals surface area (Å²) < 4.78 is 7.40. The Balaban J connectivity index is 0.000000819. The summed E-state index contributed by atoms with van der Waals surface area (Å²) in [6, 6.07) is 5.85. The Kier molecular flexibility index (Phi) is 13.5. The summed E-state index contributed by atoms with van der Waals surface area (Å²) in [6.07, 6.45) is 5.43. The van der Waals surface area contributed by atoms with E-state index < -0.39 is 0 Å². The number of ether oxygens (including phenoxy) is 1. The van der Waals surface area contributed by atoms with Crippen LogP contribution >= 0.6 is 0 Å². The van der Waals surface area contributed by atoms with E-state index in [4.69, 9.17) is 24.5 Å². The second kappa shape index (κ2) is 16.2. The van der Waals surface area contributed by atoms with Gasteiger partial charge in [0.15, 0.2) is 0 Å². The molecule has 2 amide bonds. The smallest absolute Gasteiger partial charge is 0.317 e. The summed E-state index contributed by atoms with van der Waals surface area (Å²) in [7, 11) is 1.93. The van der Waals surface area contributed by atoms with Crippen LogP contribution in [0.4, 0.5) is 4.79 Å². The number of rotatable bonds is 7. The van der Waals surface area contributed by atoms with Crippen molar-refractivity contribution in [3.05, 3.63) is 48.3 Å². The van der Waals surface area contributed by atoms with Crippen molar-refractivity contribution in [3.8, 4) is 0 Å². The predicted molar refractivity (Wildman–Crippen MR) is 119 cm³/mol. The number of morpholine rings is 1. The van der Waals surface area contributed by atoms with E-state index in [1.807, 2.05) is 42.9 Å². The van der Waals surface area contributed by atoms with Crippen molar-refractivity contribution in [2.24, 2.45) is 7.05 Å². The molecule has 0 saturated carbocycles. The average Bonchev–Trinajstić information content (AvgIpc) is 3.24. The number of nitrogens with one attached hydrogen (secondary N) is 1. The predicted octanol–water partition coefficient (Wildman–Crippen LogP) is 0.822. The molecule has 12 nitrogen and oxygen atoms in total. The fourth-order valence-corrected chi connectivity index (χ4v) is 3.23. The number of aromatic nitrogens is 3. The third-order valence-electron chi connectivity index (χ3n) is 4.88. The summed E-state index contributed by atoms with van der Waals surface area (Å²) in [5, 5.41) is 16.9. The maximum absolute atomic E-state index is 12.7. The van der Waals surface area contributed by atoms with E-state index in [1.165, 1.54) is 0 Å². The largest absolute Gasteiger partial charge is 0.483 e. The highest BCUT2D eigenvalue weighted by atomic mass is 16.5. The molecule has 1 fully saturated rings. The van der Waals surface area contributed by atoms with Gasteiger partial charge >= 0.3 is 6.03 Å². The molecule has 2 aromatic rings. The molecule has 1 atom stereocenters. The standard InChI is InChI=1S/C19H28N6O2.2CH2O2/c1-3-24(15-18-21-8-9-23(18)2)19(26)22-14-17(16-6-4-5-7-20-16)25-10-12-27-13-11-25;2*2-1-3/h4-9,17H,3,10-15H2,1-2H3,(H,22,26);2*1H,(H,2,3). The van der Waals surface area contributed by atoms with Crippen LogP contribution in [0.25, 0.3) is 0 Å². The Morgan fingerprint density at radius 1 is 1.21 bits per heavy atom. The topological polar surface area (TPSA) is 150 Å². The number of carboxylic acid groups (broad SMARTS) is 2. The summed E-state index contributed by atoms with van der Waals surface area (Å²) in [5.41, 5.74) is 0.965. The monoisotopic (exact) mass is 464 g/mol. The zero-order chi connectivity index (χ0) is 24.5. The molecule has 182 valence electrons. The van der Waals surface area contributed by atoms with Crippen LogP contribution in [0, 0.1) is 0 Å². The Morgan fingerprint density at radius 2 is 1.88 bits per heavy atom. The molecule has 0 radical (unpaired) electrons. The number of nitrogens with zero attached hydrogens (tertiary/aromatic N) is 5. The van der Waals surface area contributed by atoms with Crippen molar-refractivity contribution in [1.82, 2.24) is 29.7 Å². The lowest BCUT2D eigenvalue weighted by Crippen LogP contribution is -2.47. The van der Waals surface area contributed by atoms with Gasteiger partial charge in [-0.05, 0) is 19.1 Å². The number of amides is 2. The zero-order valence-corrected chi connectivity index (χ0v) is 18.9. The van der Waals surface area contributed by atoms with Crippen LogP contribution < -0.4 is 5.32 Å². The summed E-state index contributed by atoms with van der Waals surface area (Å²) in [5.74, 6) is 0.862. The van der Waals surface area contributed by atoms with Crippen LogP contribution in [-0.4, -0.2) is 92.9 Å². The molecule has 0 bridgehead atoms. The Labute approximate surface area is 192 Å². The van der Waals surface area contributed by atoms with Crippen molar-refractivity contribution in [3.63, 3.8) is 0 Å². The van der Waals surface area contributed by atoms with Crippen LogP contribution in [0.2, 0.25) is 0 Å². The molecule has 3 N–H and O–H groups in total. The number of hydrogen-bond donors (Lipinski definition) is 3. The van der Waals surface area contributed by atoms with Crippen molar-refractivity contribution in [2.45, 2.75) is 19.5 Å². The molecule has 0 aromatic carbocycles. The van der Waals surface area contributed by atoms with Gasteiger partial charge < -0.3 is 29.7 Å². The fourth-order valence-electron chi connectivity index (χ4n) is 3.23. The van der Waals surface area contributed by atoms with Gasteiger partial charge in [-0.1, -0.05) is 6.07 Å². The van der Waals surface area contributed by atoms with Gasteiger partial charge in [0.05, 0.1) is 31.5 Å². The first kappa shape index (κ1) is 27.5. The van der Waals surface area contributed by atoms with Gasteiger partial charge in [-0.3, -0.25) is 19.5 Å². The van der Waals surface area contributed by atoms with E-state index in [0.29, 0.717) is 32.8 Å². The number of hydrogen-bond acceptors (Lipinski definition) is 7. The van der Waals surface area contributed by atoms with Gasteiger partial charge in [0.25, 0.3) is 12.9 Å². The lowest BCUT2D eigenvalue weighted by Gasteiger charge is -2.34. The molecule has 3 heterocycles. The molecule has 33 heavy (non-hydrogen) atoms. The fraction of sp³-hybridized carbons (Fsp3) is 0.476. The van der Waals surface area contributed by atoms with E-state index in [9.17, 15) is 4.79 Å². The third-order valence-corrected chi connectivity index (χ3v) is 4.88. The molecule has 0 aliphatic carbocycles. The van der Waals surface area contributed by atoms with Crippen LogP contribution in [-0.2, 0) is 27.9 Å². The lowest BCUT2D eigenvalue weighted by atomic mass is 10.1. The molecule has 1 aliphatic heterocycles. The molecule has 2 aromatic heterocycles.